The van der Waals surface area contributed by atoms with Crippen molar-refractivity contribution in [3.05, 3.63) is 0 Å². The van der Waals surface area contributed by atoms with Crippen molar-refractivity contribution < 1.29 is 14.3 Å². The summed E-state index contributed by atoms with van der Waals surface area (Å²) in [5, 5.41) is 0. The normalized spacial score (nSPS) is 40.5. The van der Waals surface area contributed by atoms with Crippen LogP contribution in [0.1, 0.15) is 34.1 Å². The Balaban J connectivity index is 1.59. The van der Waals surface area contributed by atoms with Gasteiger partial charge in [0.1, 0.15) is 0 Å². The lowest BCUT2D eigenvalue weighted by molar-refractivity contribution is -0.162. The highest BCUT2D eigenvalue weighted by Crippen LogP contribution is 2.54. The fraction of sp³-hybridized carbons (Fsp3) is 0.941. The van der Waals surface area contributed by atoms with Gasteiger partial charge in [0, 0.05) is 37.1 Å². The summed E-state index contributed by atoms with van der Waals surface area (Å²) in [7, 11) is 2.09. The van der Waals surface area contributed by atoms with Crippen LogP contribution in [0.2, 0.25) is 0 Å². The van der Waals surface area contributed by atoms with Crippen LogP contribution < -0.4 is 0 Å². The van der Waals surface area contributed by atoms with Crippen LogP contribution in [0.4, 0.5) is 0 Å². The lowest BCUT2D eigenvalue weighted by atomic mass is 9.57. The zero-order valence-electron chi connectivity index (χ0n) is 14.5. The van der Waals surface area contributed by atoms with E-state index < -0.39 is 0 Å². The maximum absolute atomic E-state index is 12.6. The van der Waals surface area contributed by atoms with E-state index in [4.69, 9.17) is 9.47 Å². The van der Waals surface area contributed by atoms with E-state index in [-0.39, 0.29) is 23.5 Å². The average Bonchev–Trinajstić information content (AvgIpc) is 2.83. The smallest absolute Gasteiger partial charge is 0.236 e. The third kappa shape index (κ3) is 2.68. The summed E-state index contributed by atoms with van der Waals surface area (Å²) in [6, 6.07) is 0.444. The van der Waals surface area contributed by atoms with Crippen LogP contribution in [-0.2, 0) is 14.3 Å². The quantitative estimate of drug-likeness (QED) is 0.789. The Labute approximate surface area is 133 Å². The van der Waals surface area contributed by atoms with Gasteiger partial charge in [0.2, 0.25) is 5.91 Å². The minimum atomic E-state index is 0.130. The van der Waals surface area contributed by atoms with Gasteiger partial charge in [-0.1, -0.05) is 13.8 Å². The Hall–Kier alpha value is -0.650. The molecular weight excluding hydrogens is 280 g/mol. The Bertz CT molecular complexity index is 430. The number of hydrogen-bond acceptors (Lipinski definition) is 4. The lowest BCUT2D eigenvalue weighted by Crippen LogP contribution is -2.67. The van der Waals surface area contributed by atoms with Crippen molar-refractivity contribution in [3.8, 4) is 0 Å². The van der Waals surface area contributed by atoms with Crippen LogP contribution in [0.5, 0.6) is 0 Å². The summed E-state index contributed by atoms with van der Waals surface area (Å²) in [6.45, 7) is 11.4. The second-order valence-corrected chi connectivity index (χ2v) is 7.98. The van der Waals surface area contributed by atoms with Crippen LogP contribution in [-0.4, -0.2) is 73.3 Å². The van der Waals surface area contributed by atoms with Crippen molar-refractivity contribution in [2.45, 2.75) is 58.5 Å². The first kappa shape index (κ1) is 16.2. The van der Waals surface area contributed by atoms with E-state index in [1.54, 1.807) is 0 Å². The topological polar surface area (TPSA) is 42.0 Å². The van der Waals surface area contributed by atoms with E-state index in [9.17, 15) is 4.79 Å². The molecule has 0 spiro atoms. The van der Waals surface area contributed by atoms with Gasteiger partial charge in [0.25, 0.3) is 0 Å². The monoisotopic (exact) mass is 310 g/mol. The minimum Gasteiger partial charge on any atom is -0.377 e. The predicted molar refractivity (Wildman–Crippen MR) is 84.6 cm³/mol. The molecule has 0 aromatic heterocycles. The number of rotatable bonds is 3. The largest absolute Gasteiger partial charge is 0.377 e. The molecule has 5 nitrogen and oxygen atoms in total. The van der Waals surface area contributed by atoms with E-state index in [1.807, 2.05) is 18.7 Å². The standard InChI is InChI=1S/C17H30N2O3/c1-11-8-19(9-12(2)22-11)14(20)10-18(5)15-13-6-7-21-16(13)17(15,3)4/h11-13,15-16H,6-10H2,1-5H3. The summed E-state index contributed by atoms with van der Waals surface area (Å²) in [6.07, 6.45) is 1.76. The number of amides is 1. The maximum atomic E-state index is 12.6. The van der Waals surface area contributed by atoms with Gasteiger partial charge in [-0.25, -0.2) is 0 Å². The number of carbonyl (C=O) groups is 1. The van der Waals surface area contributed by atoms with Crippen LogP contribution in [0.3, 0.4) is 0 Å². The molecule has 1 amide bonds. The zero-order valence-corrected chi connectivity index (χ0v) is 14.5. The molecule has 0 bridgehead atoms. The molecule has 3 fully saturated rings. The van der Waals surface area contributed by atoms with E-state index in [2.05, 4.69) is 25.8 Å². The highest BCUT2D eigenvalue weighted by molar-refractivity contribution is 5.78. The molecule has 2 heterocycles. The second kappa shape index (κ2) is 5.77. The summed E-state index contributed by atoms with van der Waals surface area (Å²) in [4.78, 5) is 16.9. The first-order valence-electron chi connectivity index (χ1n) is 8.55. The third-order valence-electron chi connectivity index (χ3n) is 5.67. The van der Waals surface area contributed by atoms with Gasteiger partial charge in [-0.2, -0.15) is 0 Å². The molecule has 1 saturated carbocycles. The Kier molecular flexibility index (Phi) is 4.25. The van der Waals surface area contributed by atoms with Crippen molar-refractivity contribution in [2.75, 3.05) is 33.3 Å². The molecule has 2 aliphatic heterocycles. The second-order valence-electron chi connectivity index (χ2n) is 7.98. The van der Waals surface area contributed by atoms with Gasteiger partial charge in [-0.3, -0.25) is 9.69 Å². The average molecular weight is 310 g/mol. The molecule has 0 N–H and O–H groups in total. The van der Waals surface area contributed by atoms with Crippen LogP contribution in [0.15, 0.2) is 0 Å². The first-order valence-corrected chi connectivity index (χ1v) is 8.55. The van der Waals surface area contributed by atoms with Gasteiger partial charge in [-0.15, -0.1) is 0 Å². The molecule has 22 heavy (non-hydrogen) atoms. The predicted octanol–water partition coefficient (Wildman–Crippen LogP) is 1.37. The SMILES string of the molecule is CC1CN(C(=O)CN(C)C2C3CCOC3C2(C)C)CC(C)O1. The number of fused-ring (bicyclic) bond motifs is 1. The number of likely N-dealkylation sites (N-methyl/N-ethyl adjacent to an activating group) is 1. The zero-order chi connectivity index (χ0) is 16.1. The fourth-order valence-electron chi connectivity index (χ4n) is 4.99. The summed E-state index contributed by atoms with van der Waals surface area (Å²) in [5.74, 6) is 0.818. The molecule has 0 aromatic carbocycles. The Morgan fingerprint density at radius 2 is 1.91 bits per heavy atom. The van der Waals surface area contributed by atoms with Gasteiger partial charge in [0.05, 0.1) is 24.9 Å². The Morgan fingerprint density at radius 1 is 1.27 bits per heavy atom. The summed E-state index contributed by atoms with van der Waals surface area (Å²) in [5.41, 5.74) is 0.141. The molecule has 0 radical (unpaired) electrons. The summed E-state index contributed by atoms with van der Waals surface area (Å²) < 4.78 is 11.6. The molecular formula is C17H30N2O3. The van der Waals surface area contributed by atoms with Gasteiger partial charge in [0.15, 0.2) is 0 Å². The number of morpholine rings is 1. The van der Waals surface area contributed by atoms with E-state index in [1.165, 1.54) is 0 Å². The fourth-order valence-corrected chi connectivity index (χ4v) is 4.99. The maximum Gasteiger partial charge on any atom is 0.236 e. The molecule has 3 rings (SSSR count). The molecule has 5 unspecified atom stereocenters. The van der Waals surface area contributed by atoms with Crippen molar-refractivity contribution >= 4 is 5.91 Å². The van der Waals surface area contributed by atoms with Crippen LogP contribution in [0.25, 0.3) is 0 Å². The number of ether oxygens (including phenoxy) is 2. The molecule has 1 aliphatic carbocycles. The highest BCUT2D eigenvalue weighted by atomic mass is 16.5. The molecule has 126 valence electrons. The number of carbonyl (C=O) groups excluding carboxylic acids is 1. The number of hydrogen-bond donors (Lipinski definition) is 0. The van der Waals surface area contributed by atoms with Gasteiger partial charge in [-0.05, 0) is 27.3 Å². The summed E-state index contributed by atoms with van der Waals surface area (Å²) >= 11 is 0. The van der Waals surface area contributed by atoms with Crippen molar-refractivity contribution in [2.24, 2.45) is 11.3 Å². The molecule has 0 aromatic rings. The Morgan fingerprint density at radius 3 is 2.55 bits per heavy atom. The van der Waals surface area contributed by atoms with E-state index in [0.29, 0.717) is 37.7 Å². The molecule has 5 heteroatoms. The van der Waals surface area contributed by atoms with Gasteiger partial charge < -0.3 is 14.4 Å². The molecule has 3 aliphatic rings. The van der Waals surface area contributed by atoms with E-state index in [0.717, 1.165) is 13.0 Å². The van der Waals surface area contributed by atoms with Crippen LogP contribution in [0, 0.1) is 11.3 Å². The minimum absolute atomic E-state index is 0.130. The van der Waals surface area contributed by atoms with Crippen molar-refractivity contribution in [3.63, 3.8) is 0 Å². The first-order chi connectivity index (χ1) is 10.3. The van der Waals surface area contributed by atoms with Gasteiger partial charge >= 0.3 is 0 Å². The third-order valence-corrected chi connectivity index (χ3v) is 5.67. The van der Waals surface area contributed by atoms with Crippen LogP contribution >= 0.6 is 0 Å². The molecule has 2 saturated heterocycles. The highest BCUT2D eigenvalue weighted by Gasteiger charge is 2.60. The van der Waals surface area contributed by atoms with Crippen molar-refractivity contribution in [1.29, 1.82) is 0 Å². The number of nitrogens with zero attached hydrogens (tertiary/aromatic N) is 2. The van der Waals surface area contributed by atoms with E-state index >= 15 is 0 Å². The molecule has 5 atom stereocenters. The lowest BCUT2D eigenvalue weighted by Gasteiger charge is -2.58. The van der Waals surface area contributed by atoms with Crippen molar-refractivity contribution in [1.82, 2.24) is 9.80 Å².